The highest BCUT2D eigenvalue weighted by atomic mass is 32.5. The molecule has 0 spiro atoms. The van der Waals surface area contributed by atoms with Crippen molar-refractivity contribution in [3.63, 3.8) is 0 Å². The lowest BCUT2D eigenvalue weighted by molar-refractivity contribution is -0.272. The van der Waals surface area contributed by atoms with Crippen molar-refractivity contribution in [2.45, 2.75) is 178 Å². The fourth-order valence-electron chi connectivity index (χ4n) is 11.6. The third-order valence-electron chi connectivity index (χ3n) is 16.6. The van der Waals surface area contributed by atoms with E-state index in [-0.39, 0.29) is 175 Å². The fourth-order valence-corrected chi connectivity index (χ4v) is 15.0. The van der Waals surface area contributed by atoms with Gasteiger partial charge in [0.15, 0.2) is 25.4 Å². The second kappa shape index (κ2) is 49.6. The number of piperidine rings is 1. The van der Waals surface area contributed by atoms with Gasteiger partial charge in [-0.2, -0.15) is 0 Å². The smallest absolute Gasteiger partial charge is 0.239 e. The molecule has 0 bridgehead atoms. The number of aliphatic hydroxyl groups is 9. The first-order chi connectivity index (χ1) is 49.9. The van der Waals surface area contributed by atoms with Gasteiger partial charge in [-0.25, -0.2) is 0 Å². The third kappa shape index (κ3) is 35.8. The molecule has 0 aromatic rings. The summed E-state index contributed by atoms with van der Waals surface area (Å²) in [5.41, 5.74) is -0.238. The first-order valence-electron chi connectivity index (χ1n) is 35.4. The van der Waals surface area contributed by atoms with E-state index in [9.17, 15) is 89.2 Å². The number of amides is 8. The summed E-state index contributed by atoms with van der Waals surface area (Å²) in [4.78, 5) is 119. The number of carbonyl (C=O) groups excluding carboxylic acids is 8. The van der Waals surface area contributed by atoms with E-state index in [0.717, 1.165) is 0 Å². The molecule has 41 heteroatoms. The van der Waals surface area contributed by atoms with Crippen molar-refractivity contribution in [3.8, 4) is 0 Å². The van der Waals surface area contributed by atoms with Gasteiger partial charge in [0.2, 0.25) is 47.3 Å². The first kappa shape index (κ1) is 92.9. The molecule has 4 saturated heterocycles. The summed E-state index contributed by atoms with van der Waals surface area (Å²) in [5, 5.41) is 107. The zero-order valence-corrected chi connectivity index (χ0v) is 62.6. The monoisotopic (exact) mass is 1550 g/mol. The second-order valence-electron chi connectivity index (χ2n) is 26.8. The minimum absolute atomic E-state index is 0.0181. The lowest BCUT2D eigenvalue weighted by atomic mass is 9.97. The molecule has 0 radical (unpaired) electrons. The highest BCUT2D eigenvalue weighted by Gasteiger charge is 2.48. The standard InChI is InChI=1S/C64H116N9O30PS/c1-40(77)68-52-58(88)55(85)44(36-74)100-61(52)97-30-27-94-22-15-67-49(82)35-73(51(84)10-7-9-50(83)72-18-11-43(12-19-72)103-104(91,105)39-64(4,5)6)17-8-16-71(33-47(80)65-13-20-92-23-25-95-28-31-98-62-53(69-41(2)78)59(89)56(86)45(37-75)101-62)34-48(81)66-14-21-93-24-26-96-29-32-99-63-54(70-42(3)79)60(90)57(87)46(38-76)102-63/h43-46,52-63,74-76,85-90H,7-39H2,1-6H3,(H,65,80)(H,66,81)(H,67,82)(H,68,77)(H,69,78)(H,70,79)(H,91,105). The van der Waals surface area contributed by atoms with E-state index in [0.29, 0.717) is 32.1 Å². The van der Waals surface area contributed by atoms with Gasteiger partial charge in [-0.3, -0.25) is 43.3 Å². The average Bonchev–Trinajstić information content (AvgIpc) is 0.817. The number of nitrogens with zero attached hydrogens (tertiary/aromatic N) is 3. The molecule has 39 nitrogen and oxygen atoms in total. The number of nitrogens with one attached hydrogen (secondary N) is 6. The SMILES string of the molecule is CC(=O)NC1C(OCCOCCNC(=O)CN(CCCN(CC(=O)NCCOCCOCCOC2OC(CO)C(O)C(O)C2NC(C)=O)CC(=O)NCCOCCOCCOC2OC(CO)C(O)C(O)C2NC(C)=O)C(=O)CCCC(=O)N2CCC(OP(O)(=S)CC(C)(C)C)CC2)OC(CO)C(O)C1O. The van der Waals surface area contributed by atoms with Crippen LogP contribution in [0.3, 0.4) is 0 Å². The highest BCUT2D eigenvalue weighted by Crippen LogP contribution is 2.49. The summed E-state index contributed by atoms with van der Waals surface area (Å²) in [6.45, 7) is 4.71. The Morgan fingerprint density at radius 2 is 0.848 bits per heavy atom. The topological polar surface area (TPSA) is 532 Å². The summed E-state index contributed by atoms with van der Waals surface area (Å²) >= 11 is 5.43. The molecule has 105 heavy (non-hydrogen) atoms. The lowest BCUT2D eigenvalue weighted by Crippen LogP contribution is -2.64. The molecule has 16 atom stereocenters. The summed E-state index contributed by atoms with van der Waals surface area (Å²) in [6, 6.07) is -3.41. The van der Waals surface area contributed by atoms with Crippen LogP contribution in [0, 0.1) is 5.41 Å². The van der Waals surface area contributed by atoms with Crippen molar-refractivity contribution in [1.29, 1.82) is 0 Å². The lowest BCUT2D eigenvalue weighted by Gasteiger charge is -2.42. The van der Waals surface area contributed by atoms with Crippen LogP contribution in [0.2, 0.25) is 0 Å². The second-order valence-corrected chi connectivity index (χ2v) is 30.3. The third-order valence-corrected chi connectivity index (χ3v) is 19.2. The van der Waals surface area contributed by atoms with Gasteiger partial charge in [-0.1, -0.05) is 20.8 Å². The highest BCUT2D eigenvalue weighted by molar-refractivity contribution is 8.09. The molecule has 16 N–H and O–H groups in total. The predicted octanol–water partition coefficient (Wildman–Crippen LogP) is -7.65. The fraction of sp³-hybridized carbons (Fsp3) is 0.875. The van der Waals surface area contributed by atoms with Crippen LogP contribution < -0.4 is 31.9 Å². The molecule has 0 aromatic carbocycles. The molecule has 0 aliphatic carbocycles. The maximum Gasteiger partial charge on any atom is 0.239 e. The van der Waals surface area contributed by atoms with Crippen LogP contribution in [0.5, 0.6) is 0 Å². The van der Waals surface area contributed by atoms with Gasteiger partial charge in [-0.15, -0.1) is 0 Å². The molecular weight excluding hydrogens is 1440 g/mol. The Balaban J connectivity index is 1.33. The van der Waals surface area contributed by atoms with Gasteiger partial charge >= 0.3 is 0 Å². The van der Waals surface area contributed by atoms with E-state index < -0.39 is 166 Å². The molecule has 4 aliphatic rings. The van der Waals surface area contributed by atoms with Crippen molar-refractivity contribution in [2.75, 3.05) is 177 Å². The van der Waals surface area contributed by atoms with E-state index >= 15 is 0 Å². The average molecular weight is 1550 g/mol. The van der Waals surface area contributed by atoms with E-state index in [2.05, 4.69) is 31.9 Å². The molecule has 0 saturated carbocycles. The normalized spacial score (nSPS) is 26.5. The number of ether oxygens (including phenoxy) is 11. The summed E-state index contributed by atoms with van der Waals surface area (Å²) < 4.78 is 67.5. The molecule has 608 valence electrons. The Kier molecular flexibility index (Phi) is 43.9. The minimum atomic E-state index is -3.05. The number of likely N-dealkylation sites (tertiary alicyclic amines) is 1. The van der Waals surface area contributed by atoms with Gasteiger partial charge in [0.25, 0.3) is 0 Å². The van der Waals surface area contributed by atoms with E-state index in [1.807, 2.05) is 20.8 Å². The van der Waals surface area contributed by atoms with Gasteiger partial charge in [0.05, 0.1) is 131 Å². The van der Waals surface area contributed by atoms with E-state index in [4.69, 9.17) is 68.4 Å². The minimum Gasteiger partial charge on any atom is -0.394 e. The first-order valence-corrected chi connectivity index (χ1v) is 38.2. The van der Waals surface area contributed by atoms with Crippen LogP contribution in [-0.2, 0) is 107 Å². The molecule has 4 aliphatic heterocycles. The number of aliphatic hydroxyl groups excluding tert-OH is 9. The van der Waals surface area contributed by atoms with Crippen LogP contribution in [-0.4, -0.2) is 388 Å². The van der Waals surface area contributed by atoms with Crippen molar-refractivity contribution in [2.24, 2.45) is 5.41 Å². The summed E-state index contributed by atoms with van der Waals surface area (Å²) in [6.07, 6.45) is -14.9. The Morgan fingerprint density at radius 1 is 0.495 bits per heavy atom. The van der Waals surface area contributed by atoms with Crippen LogP contribution in [0.25, 0.3) is 0 Å². The van der Waals surface area contributed by atoms with E-state index in [1.165, 1.54) is 25.7 Å². The van der Waals surface area contributed by atoms with Gasteiger partial charge in [0, 0.05) is 85.6 Å². The van der Waals surface area contributed by atoms with Gasteiger partial charge in [-0.05, 0) is 42.9 Å². The number of rotatable bonds is 50. The Morgan fingerprint density at radius 3 is 1.20 bits per heavy atom. The van der Waals surface area contributed by atoms with E-state index in [1.54, 1.807) is 9.80 Å². The van der Waals surface area contributed by atoms with Crippen LogP contribution in [0.4, 0.5) is 0 Å². The molecule has 8 amide bonds. The Hall–Kier alpha value is -4.51. The number of hydrogen-bond donors (Lipinski definition) is 16. The van der Waals surface area contributed by atoms with Crippen molar-refractivity contribution in [3.05, 3.63) is 0 Å². The molecule has 4 fully saturated rings. The van der Waals surface area contributed by atoms with Crippen molar-refractivity contribution in [1.82, 2.24) is 46.6 Å². The van der Waals surface area contributed by atoms with Crippen molar-refractivity contribution < 1.29 is 146 Å². The van der Waals surface area contributed by atoms with Crippen LogP contribution in [0.15, 0.2) is 0 Å². The number of carbonyl (C=O) groups is 8. The van der Waals surface area contributed by atoms with Gasteiger partial charge in [0.1, 0.15) is 73.1 Å². The molecule has 4 heterocycles. The van der Waals surface area contributed by atoms with Gasteiger partial charge < -0.3 is 149 Å². The maximum absolute atomic E-state index is 14.1. The predicted molar refractivity (Wildman–Crippen MR) is 370 cm³/mol. The maximum atomic E-state index is 14.1. The molecule has 0 aromatic heterocycles. The molecule has 16 unspecified atom stereocenters. The summed E-state index contributed by atoms with van der Waals surface area (Å²) in [5.74, 6) is -3.73. The largest absolute Gasteiger partial charge is 0.394 e. The van der Waals surface area contributed by atoms with Crippen molar-refractivity contribution >= 4 is 65.6 Å². The molecule has 4 rings (SSSR count). The molecular formula is C64H116N9O30PS. The summed E-state index contributed by atoms with van der Waals surface area (Å²) in [7, 11) is 0. The number of hydrogen-bond acceptors (Lipinski definition) is 31. The zero-order valence-electron chi connectivity index (χ0n) is 60.9. The van der Waals surface area contributed by atoms with Crippen LogP contribution in [0.1, 0.15) is 80.1 Å². The quantitative estimate of drug-likeness (QED) is 0.0199. The Bertz CT molecular complexity index is 2560. The Labute approximate surface area is 616 Å². The zero-order chi connectivity index (χ0) is 77.7. The van der Waals surface area contributed by atoms with Crippen LogP contribution >= 0.6 is 6.49 Å².